The SMILES string of the molecule is Cc1nn(C)c(C)c1CNCc1cc(F)cc(C#N)c1. The van der Waals surface area contributed by atoms with E-state index in [0.29, 0.717) is 18.7 Å². The first kappa shape index (κ1) is 14.2. The third-order valence-electron chi connectivity index (χ3n) is 3.38. The number of nitrogens with one attached hydrogen (secondary N) is 1. The molecule has 0 aliphatic rings. The van der Waals surface area contributed by atoms with Crippen molar-refractivity contribution in [2.75, 3.05) is 0 Å². The van der Waals surface area contributed by atoms with Crippen LogP contribution in [-0.2, 0) is 20.1 Å². The van der Waals surface area contributed by atoms with E-state index in [1.807, 2.05) is 31.6 Å². The molecule has 0 spiro atoms. The van der Waals surface area contributed by atoms with Crippen LogP contribution in [0.25, 0.3) is 0 Å². The number of aromatic nitrogens is 2. The molecule has 0 aliphatic heterocycles. The average molecular weight is 272 g/mol. The third kappa shape index (κ3) is 3.03. The highest BCUT2D eigenvalue weighted by molar-refractivity contribution is 5.33. The number of benzene rings is 1. The molecule has 1 aromatic heterocycles. The van der Waals surface area contributed by atoms with Gasteiger partial charge in [-0.05, 0) is 37.6 Å². The van der Waals surface area contributed by atoms with Gasteiger partial charge in [-0.25, -0.2) is 4.39 Å². The molecule has 1 heterocycles. The summed E-state index contributed by atoms with van der Waals surface area (Å²) in [6, 6.07) is 6.33. The van der Waals surface area contributed by atoms with Crippen molar-refractivity contribution in [3.8, 4) is 6.07 Å². The zero-order chi connectivity index (χ0) is 14.7. The Hall–Kier alpha value is -2.19. The Morgan fingerprint density at radius 1 is 1.30 bits per heavy atom. The van der Waals surface area contributed by atoms with Gasteiger partial charge >= 0.3 is 0 Å². The molecule has 104 valence electrons. The molecule has 0 aliphatic carbocycles. The van der Waals surface area contributed by atoms with Crippen LogP contribution >= 0.6 is 0 Å². The van der Waals surface area contributed by atoms with Crippen molar-refractivity contribution in [3.05, 3.63) is 52.1 Å². The highest BCUT2D eigenvalue weighted by Gasteiger charge is 2.08. The highest BCUT2D eigenvalue weighted by Crippen LogP contribution is 2.12. The summed E-state index contributed by atoms with van der Waals surface area (Å²) in [5, 5.41) is 16.4. The van der Waals surface area contributed by atoms with Gasteiger partial charge in [0.2, 0.25) is 0 Å². The minimum atomic E-state index is -0.380. The van der Waals surface area contributed by atoms with Gasteiger partial charge in [-0.2, -0.15) is 10.4 Å². The van der Waals surface area contributed by atoms with E-state index in [0.717, 1.165) is 22.5 Å². The van der Waals surface area contributed by atoms with Gasteiger partial charge in [0.1, 0.15) is 5.82 Å². The first-order valence-electron chi connectivity index (χ1n) is 6.40. The maximum absolute atomic E-state index is 13.3. The lowest BCUT2D eigenvalue weighted by molar-refractivity contribution is 0.619. The van der Waals surface area contributed by atoms with E-state index in [-0.39, 0.29) is 5.82 Å². The number of aryl methyl sites for hydroxylation is 2. The fraction of sp³-hybridized carbons (Fsp3) is 0.333. The van der Waals surface area contributed by atoms with Crippen molar-refractivity contribution in [2.45, 2.75) is 26.9 Å². The van der Waals surface area contributed by atoms with E-state index in [2.05, 4.69) is 10.4 Å². The van der Waals surface area contributed by atoms with Crippen LogP contribution < -0.4 is 5.32 Å². The Bertz CT molecular complexity index is 667. The van der Waals surface area contributed by atoms with Gasteiger partial charge < -0.3 is 5.32 Å². The average Bonchev–Trinajstić information content (AvgIpc) is 2.64. The van der Waals surface area contributed by atoms with E-state index >= 15 is 0 Å². The van der Waals surface area contributed by atoms with Gasteiger partial charge in [-0.1, -0.05) is 0 Å². The van der Waals surface area contributed by atoms with E-state index in [9.17, 15) is 4.39 Å². The largest absolute Gasteiger partial charge is 0.308 e. The van der Waals surface area contributed by atoms with Crippen LogP contribution in [0, 0.1) is 31.0 Å². The predicted molar refractivity (Wildman–Crippen MR) is 74.3 cm³/mol. The quantitative estimate of drug-likeness (QED) is 0.929. The number of halogens is 1. The number of nitrogens with zero attached hydrogens (tertiary/aromatic N) is 3. The van der Waals surface area contributed by atoms with E-state index < -0.39 is 0 Å². The van der Waals surface area contributed by atoms with E-state index in [1.165, 1.54) is 12.1 Å². The number of hydrogen-bond donors (Lipinski definition) is 1. The second-order valence-corrected chi connectivity index (χ2v) is 4.84. The fourth-order valence-electron chi connectivity index (χ4n) is 2.22. The maximum atomic E-state index is 13.3. The molecular weight excluding hydrogens is 255 g/mol. The molecule has 5 heteroatoms. The molecular formula is C15H17FN4. The lowest BCUT2D eigenvalue weighted by Crippen LogP contribution is -2.14. The second kappa shape index (κ2) is 5.85. The van der Waals surface area contributed by atoms with Crippen molar-refractivity contribution in [1.29, 1.82) is 5.26 Å². The van der Waals surface area contributed by atoms with Gasteiger partial charge in [-0.3, -0.25) is 4.68 Å². The molecule has 2 aromatic rings. The number of hydrogen-bond acceptors (Lipinski definition) is 3. The van der Waals surface area contributed by atoms with Crippen LogP contribution in [-0.4, -0.2) is 9.78 Å². The van der Waals surface area contributed by atoms with Crippen LogP contribution in [0.5, 0.6) is 0 Å². The normalized spacial score (nSPS) is 10.6. The monoisotopic (exact) mass is 272 g/mol. The fourth-order valence-corrected chi connectivity index (χ4v) is 2.22. The predicted octanol–water partition coefficient (Wildman–Crippen LogP) is 2.34. The van der Waals surface area contributed by atoms with E-state index in [4.69, 9.17) is 5.26 Å². The Labute approximate surface area is 117 Å². The van der Waals surface area contributed by atoms with Crippen molar-refractivity contribution in [2.24, 2.45) is 7.05 Å². The summed E-state index contributed by atoms with van der Waals surface area (Å²) in [5.41, 5.74) is 4.38. The molecule has 0 saturated heterocycles. The van der Waals surface area contributed by atoms with E-state index in [1.54, 1.807) is 6.07 Å². The molecule has 1 aromatic carbocycles. The smallest absolute Gasteiger partial charge is 0.124 e. The van der Waals surface area contributed by atoms with Gasteiger partial charge in [0.15, 0.2) is 0 Å². The van der Waals surface area contributed by atoms with Gasteiger partial charge in [0.25, 0.3) is 0 Å². The minimum absolute atomic E-state index is 0.343. The highest BCUT2D eigenvalue weighted by atomic mass is 19.1. The molecule has 0 saturated carbocycles. The topological polar surface area (TPSA) is 53.6 Å². The summed E-state index contributed by atoms with van der Waals surface area (Å²) in [5.74, 6) is -0.380. The van der Waals surface area contributed by atoms with Crippen LogP contribution in [0.3, 0.4) is 0 Å². The van der Waals surface area contributed by atoms with Crippen LogP contribution in [0.15, 0.2) is 18.2 Å². The second-order valence-electron chi connectivity index (χ2n) is 4.84. The molecule has 20 heavy (non-hydrogen) atoms. The van der Waals surface area contributed by atoms with Crippen molar-refractivity contribution < 1.29 is 4.39 Å². The first-order chi connectivity index (χ1) is 9.51. The lowest BCUT2D eigenvalue weighted by atomic mass is 10.1. The molecule has 0 amide bonds. The Kier molecular flexibility index (Phi) is 4.16. The first-order valence-corrected chi connectivity index (χ1v) is 6.40. The summed E-state index contributed by atoms with van der Waals surface area (Å²) >= 11 is 0. The van der Waals surface area contributed by atoms with Crippen molar-refractivity contribution in [3.63, 3.8) is 0 Å². The molecule has 0 radical (unpaired) electrons. The minimum Gasteiger partial charge on any atom is -0.308 e. The molecule has 4 nitrogen and oxygen atoms in total. The van der Waals surface area contributed by atoms with Crippen LogP contribution in [0.4, 0.5) is 4.39 Å². The van der Waals surface area contributed by atoms with Crippen molar-refractivity contribution in [1.82, 2.24) is 15.1 Å². The van der Waals surface area contributed by atoms with Crippen LogP contribution in [0.1, 0.15) is 28.1 Å². The third-order valence-corrected chi connectivity index (χ3v) is 3.38. The molecule has 0 unspecified atom stereocenters. The van der Waals surface area contributed by atoms with Crippen molar-refractivity contribution >= 4 is 0 Å². The maximum Gasteiger partial charge on any atom is 0.124 e. The lowest BCUT2D eigenvalue weighted by Gasteiger charge is -2.06. The summed E-state index contributed by atoms with van der Waals surface area (Å²) in [7, 11) is 1.91. The molecule has 0 bridgehead atoms. The summed E-state index contributed by atoms with van der Waals surface area (Å²) in [6.45, 7) is 5.18. The zero-order valence-electron chi connectivity index (χ0n) is 11.9. The van der Waals surface area contributed by atoms with Gasteiger partial charge in [0.05, 0.1) is 17.3 Å². The molecule has 1 N–H and O–H groups in total. The molecule has 0 atom stereocenters. The molecule has 0 fully saturated rings. The standard InChI is InChI=1S/C15H17FN4/c1-10-15(11(2)20(3)19-10)9-18-8-13-4-12(7-17)5-14(16)6-13/h4-6,18H,8-9H2,1-3H3. The number of nitriles is 1. The summed E-state index contributed by atoms with van der Waals surface area (Å²) in [4.78, 5) is 0. The summed E-state index contributed by atoms with van der Waals surface area (Å²) in [6.07, 6.45) is 0. The Morgan fingerprint density at radius 2 is 2.05 bits per heavy atom. The zero-order valence-corrected chi connectivity index (χ0v) is 11.9. The molecule has 2 rings (SSSR count). The van der Waals surface area contributed by atoms with Gasteiger partial charge in [0, 0.05) is 31.4 Å². The van der Waals surface area contributed by atoms with Gasteiger partial charge in [-0.15, -0.1) is 0 Å². The Morgan fingerprint density at radius 3 is 2.65 bits per heavy atom. The summed E-state index contributed by atoms with van der Waals surface area (Å²) < 4.78 is 15.2. The van der Waals surface area contributed by atoms with Crippen LogP contribution in [0.2, 0.25) is 0 Å². The Balaban J connectivity index is 2.03. The number of rotatable bonds is 4.